The summed E-state index contributed by atoms with van der Waals surface area (Å²) in [6.45, 7) is 0.878. The fourth-order valence-corrected chi connectivity index (χ4v) is 4.93. The van der Waals surface area contributed by atoms with Crippen LogP contribution in [0, 0.1) is 5.82 Å². The number of furan rings is 1. The highest BCUT2D eigenvalue weighted by molar-refractivity contribution is 7.89. The summed E-state index contributed by atoms with van der Waals surface area (Å²) in [6, 6.07) is 20.9. The quantitative estimate of drug-likeness (QED) is 0.159. The molecule has 12 heteroatoms. The molecule has 0 radical (unpaired) electrons. The zero-order valence-electron chi connectivity index (χ0n) is 22.0. The molecule has 3 aromatic carbocycles. The molecule has 0 aliphatic carbocycles. The Kier molecular flexibility index (Phi) is 8.79. The molecule has 2 aromatic heterocycles. The van der Waals surface area contributed by atoms with Crippen molar-refractivity contribution in [2.24, 2.45) is 0 Å². The lowest BCUT2D eigenvalue weighted by Crippen LogP contribution is -2.29. The molecule has 0 aliphatic heterocycles. The predicted octanol–water partition coefficient (Wildman–Crippen LogP) is 5.64. The molecule has 5 rings (SSSR count). The minimum atomic E-state index is -3.26. The Morgan fingerprint density at radius 2 is 1.90 bits per heavy atom. The van der Waals surface area contributed by atoms with E-state index in [2.05, 4.69) is 25.3 Å². The number of benzene rings is 3. The Morgan fingerprint density at radius 1 is 1.02 bits per heavy atom. The summed E-state index contributed by atoms with van der Waals surface area (Å²) in [4.78, 5) is 8.80. The van der Waals surface area contributed by atoms with Crippen molar-refractivity contribution in [1.82, 2.24) is 20.0 Å². The number of nitrogens with zero attached hydrogens (tertiary/aromatic N) is 2. The molecular weight excluding hydrogens is 569 g/mol. The van der Waals surface area contributed by atoms with Crippen molar-refractivity contribution in [2.45, 2.75) is 13.2 Å². The zero-order valence-corrected chi connectivity index (χ0v) is 23.6. The summed E-state index contributed by atoms with van der Waals surface area (Å²) >= 11 is 6.47. The Morgan fingerprint density at radius 3 is 2.71 bits per heavy atom. The third-order valence-corrected chi connectivity index (χ3v) is 7.88. The van der Waals surface area contributed by atoms with E-state index in [-0.39, 0.29) is 18.2 Å². The standard InChI is InChI=1S/C29H27ClFN5O4S/c1-32-41(37,38)12-11-33-16-23-7-10-27(40-23)20-5-8-26-24(14-20)29(35-18-34-26)36-22-6-9-28(25(30)15-22)39-17-19-3-2-4-21(31)13-19/h2-10,13-15,18,32-33H,11-12,16-17H2,1H3,(H,34,35,36). The molecule has 0 spiro atoms. The molecule has 0 saturated carbocycles. The minimum absolute atomic E-state index is 0.0204. The number of aromatic nitrogens is 2. The molecule has 41 heavy (non-hydrogen) atoms. The molecule has 0 bridgehead atoms. The molecular formula is C29H27ClFN5O4S. The molecule has 5 aromatic rings. The first kappa shape index (κ1) is 28.5. The van der Waals surface area contributed by atoms with Crippen LogP contribution in [-0.2, 0) is 23.2 Å². The summed E-state index contributed by atoms with van der Waals surface area (Å²) in [5, 5.41) is 7.54. The normalized spacial score (nSPS) is 11.6. The number of sulfonamides is 1. The number of hydrogen-bond acceptors (Lipinski definition) is 8. The summed E-state index contributed by atoms with van der Waals surface area (Å²) in [6.07, 6.45) is 1.48. The van der Waals surface area contributed by atoms with Gasteiger partial charge in [0.2, 0.25) is 10.0 Å². The molecule has 0 amide bonds. The van der Waals surface area contributed by atoms with E-state index in [1.165, 1.54) is 25.5 Å². The van der Waals surface area contributed by atoms with E-state index in [4.69, 9.17) is 20.8 Å². The summed E-state index contributed by atoms with van der Waals surface area (Å²) in [7, 11) is -1.87. The van der Waals surface area contributed by atoms with Crippen LogP contribution < -0.4 is 20.1 Å². The van der Waals surface area contributed by atoms with Gasteiger partial charge >= 0.3 is 0 Å². The average molecular weight is 596 g/mol. The lowest BCUT2D eigenvalue weighted by Gasteiger charge is -2.12. The van der Waals surface area contributed by atoms with Crippen LogP contribution in [0.4, 0.5) is 15.9 Å². The van der Waals surface area contributed by atoms with E-state index in [1.807, 2.05) is 36.4 Å². The van der Waals surface area contributed by atoms with Crippen molar-refractivity contribution in [1.29, 1.82) is 0 Å². The van der Waals surface area contributed by atoms with Gasteiger partial charge in [0.15, 0.2) is 0 Å². The van der Waals surface area contributed by atoms with E-state index < -0.39 is 10.0 Å². The van der Waals surface area contributed by atoms with Gasteiger partial charge in [0.25, 0.3) is 0 Å². The third-order valence-electron chi connectivity index (χ3n) is 6.22. The molecule has 0 saturated heterocycles. The van der Waals surface area contributed by atoms with Gasteiger partial charge < -0.3 is 19.8 Å². The largest absolute Gasteiger partial charge is 0.487 e. The lowest BCUT2D eigenvalue weighted by molar-refractivity contribution is 0.306. The van der Waals surface area contributed by atoms with Crippen LogP contribution in [0.25, 0.3) is 22.2 Å². The fraction of sp³-hybridized carbons (Fsp3) is 0.172. The highest BCUT2D eigenvalue weighted by Gasteiger charge is 2.12. The molecule has 9 nitrogen and oxygen atoms in total. The van der Waals surface area contributed by atoms with Gasteiger partial charge in [-0.25, -0.2) is 27.5 Å². The summed E-state index contributed by atoms with van der Waals surface area (Å²) in [5.41, 5.74) is 2.97. The van der Waals surface area contributed by atoms with E-state index in [0.29, 0.717) is 52.5 Å². The Labute approximate surface area is 241 Å². The van der Waals surface area contributed by atoms with E-state index in [0.717, 1.165) is 16.5 Å². The van der Waals surface area contributed by atoms with E-state index in [1.54, 1.807) is 24.3 Å². The number of hydrogen-bond donors (Lipinski definition) is 3. The molecule has 2 heterocycles. The highest BCUT2D eigenvalue weighted by atomic mass is 35.5. The van der Waals surface area contributed by atoms with Gasteiger partial charge in [-0.05, 0) is 73.3 Å². The maximum atomic E-state index is 13.4. The third kappa shape index (κ3) is 7.39. The van der Waals surface area contributed by atoms with Crippen LogP contribution in [-0.4, -0.2) is 37.7 Å². The van der Waals surface area contributed by atoms with Crippen molar-refractivity contribution in [2.75, 3.05) is 24.7 Å². The first-order valence-corrected chi connectivity index (χ1v) is 14.7. The fourth-order valence-electron chi connectivity index (χ4n) is 4.08. The number of halogens is 2. The Hall–Kier alpha value is -4.03. The molecule has 0 unspecified atom stereocenters. The topological polar surface area (TPSA) is 118 Å². The van der Waals surface area contributed by atoms with Crippen molar-refractivity contribution in [3.8, 4) is 17.1 Å². The van der Waals surface area contributed by atoms with Gasteiger partial charge in [0.1, 0.15) is 41.8 Å². The average Bonchev–Trinajstić information content (AvgIpc) is 3.44. The van der Waals surface area contributed by atoms with Crippen LogP contribution in [0.3, 0.4) is 0 Å². The van der Waals surface area contributed by atoms with Crippen molar-refractivity contribution < 1.29 is 22.0 Å². The van der Waals surface area contributed by atoms with Crippen molar-refractivity contribution in [3.63, 3.8) is 0 Å². The second-order valence-corrected chi connectivity index (χ2v) is 11.6. The maximum absolute atomic E-state index is 13.4. The smallest absolute Gasteiger partial charge is 0.212 e. The van der Waals surface area contributed by atoms with Gasteiger partial charge in [-0.3, -0.25) is 0 Å². The second kappa shape index (κ2) is 12.6. The van der Waals surface area contributed by atoms with E-state index >= 15 is 0 Å². The van der Waals surface area contributed by atoms with Crippen LogP contribution >= 0.6 is 11.6 Å². The number of fused-ring (bicyclic) bond motifs is 1. The molecule has 0 atom stereocenters. The van der Waals surface area contributed by atoms with Gasteiger partial charge in [-0.15, -0.1) is 0 Å². The number of ether oxygens (including phenoxy) is 1. The SMILES string of the molecule is CNS(=O)(=O)CCNCc1ccc(-c2ccc3ncnc(Nc4ccc(OCc5cccc(F)c5)c(Cl)c4)c3c2)o1. The first-order chi connectivity index (χ1) is 19.8. The van der Waals surface area contributed by atoms with Crippen molar-refractivity contribution in [3.05, 3.63) is 101 Å². The Bertz CT molecular complexity index is 1780. The number of rotatable bonds is 12. The summed E-state index contributed by atoms with van der Waals surface area (Å²) < 4.78 is 50.6. The lowest BCUT2D eigenvalue weighted by atomic mass is 10.1. The first-order valence-electron chi connectivity index (χ1n) is 12.7. The van der Waals surface area contributed by atoms with Crippen LogP contribution in [0.1, 0.15) is 11.3 Å². The van der Waals surface area contributed by atoms with Gasteiger partial charge in [0.05, 0.1) is 22.8 Å². The van der Waals surface area contributed by atoms with Gasteiger partial charge in [0, 0.05) is 23.2 Å². The monoisotopic (exact) mass is 595 g/mol. The van der Waals surface area contributed by atoms with Crippen LogP contribution in [0.5, 0.6) is 5.75 Å². The Balaban J connectivity index is 1.28. The van der Waals surface area contributed by atoms with Gasteiger partial charge in [-0.1, -0.05) is 23.7 Å². The molecule has 212 valence electrons. The second-order valence-electron chi connectivity index (χ2n) is 9.11. The molecule has 3 N–H and O–H groups in total. The maximum Gasteiger partial charge on any atom is 0.212 e. The minimum Gasteiger partial charge on any atom is -0.487 e. The van der Waals surface area contributed by atoms with Crippen molar-refractivity contribution >= 4 is 44.0 Å². The van der Waals surface area contributed by atoms with Gasteiger partial charge in [-0.2, -0.15) is 0 Å². The zero-order chi connectivity index (χ0) is 28.8. The highest BCUT2D eigenvalue weighted by Crippen LogP contribution is 2.32. The van der Waals surface area contributed by atoms with Crippen LogP contribution in [0.15, 0.2) is 83.5 Å². The van der Waals surface area contributed by atoms with E-state index in [9.17, 15) is 12.8 Å². The predicted molar refractivity (Wildman–Crippen MR) is 157 cm³/mol. The number of anilines is 2. The number of nitrogens with one attached hydrogen (secondary N) is 3. The van der Waals surface area contributed by atoms with Crippen LogP contribution in [0.2, 0.25) is 5.02 Å². The summed E-state index contributed by atoms with van der Waals surface area (Å²) in [5.74, 6) is 2.05. The molecule has 0 aliphatic rings. The molecule has 0 fully saturated rings.